The number of rotatable bonds is 23. The maximum atomic E-state index is 13.9. The van der Waals surface area contributed by atoms with Gasteiger partial charge in [-0.1, -0.05) is 19.6 Å². The normalized spacial score (nSPS) is 11.4. The molecule has 0 saturated heterocycles. The van der Waals surface area contributed by atoms with E-state index in [2.05, 4.69) is 15.5 Å². The minimum Gasteiger partial charge on any atom is -0.491 e. The fraction of sp³-hybridized carbons (Fsp3) is 0.409. The molecule has 2 aromatic carbocycles. The van der Waals surface area contributed by atoms with E-state index >= 15 is 0 Å². The van der Waals surface area contributed by atoms with Crippen LogP contribution in [0.4, 0.5) is 5.95 Å². The molecule has 4 aromatic heterocycles. The van der Waals surface area contributed by atoms with Crippen LogP contribution < -0.4 is 26.3 Å². The summed E-state index contributed by atoms with van der Waals surface area (Å²) in [5.41, 5.74) is 15.9. The van der Waals surface area contributed by atoms with Gasteiger partial charge in [-0.25, -0.2) is 9.97 Å². The summed E-state index contributed by atoms with van der Waals surface area (Å²) in [6.07, 6.45) is 4.83. The number of nitrogens with two attached hydrogens (primary N) is 2. The van der Waals surface area contributed by atoms with Gasteiger partial charge in [-0.2, -0.15) is 10.2 Å². The Hall–Kier alpha value is -6.86. The number of allylic oxidation sites excluding steroid dienone is 2. The average Bonchev–Trinajstić information content (AvgIpc) is 4.01. The van der Waals surface area contributed by atoms with Gasteiger partial charge in [0.1, 0.15) is 39.7 Å². The zero-order chi connectivity index (χ0) is 44.5. The Labute approximate surface area is 365 Å². The molecule has 5 N–H and O–H groups in total. The summed E-state index contributed by atoms with van der Waals surface area (Å²) in [6.45, 7) is 10.3. The SMILES string of the molecule is C.CCn1nc(C)cc1C(=O)Cc1nc2cc(C(N)=O)cc(OCCCOC)c2n1C/C=C/Cn1c(NC(=O)c2cc(C)nn2CC)nc2cc(C(N)=O)cc(OCCCOC)c21. The number of nitrogens with one attached hydrogen (secondary N) is 1. The second-order valence-electron chi connectivity index (χ2n) is 14.5. The van der Waals surface area contributed by atoms with Gasteiger partial charge in [0, 0.05) is 77.6 Å². The highest BCUT2D eigenvalue weighted by Crippen LogP contribution is 2.33. The average molecular weight is 868 g/mol. The van der Waals surface area contributed by atoms with Gasteiger partial charge >= 0.3 is 0 Å². The molecule has 0 saturated carbocycles. The van der Waals surface area contributed by atoms with Gasteiger partial charge in [0.05, 0.1) is 42.1 Å². The van der Waals surface area contributed by atoms with Gasteiger partial charge in [0.25, 0.3) is 5.91 Å². The molecule has 3 amide bonds. The third kappa shape index (κ3) is 10.8. The third-order valence-electron chi connectivity index (χ3n) is 9.97. The molecule has 6 aromatic rings. The Morgan fingerprint density at radius 3 is 1.70 bits per heavy atom. The van der Waals surface area contributed by atoms with Crippen molar-refractivity contribution >= 4 is 51.5 Å². The second kappa shape index (κ2) is 21.3. The summed E-state index contributed by atoms with van der Waals surface area (Å²) in [7, 11) is 3.20. The lowest BCUT2D eigenvalue weighted by molar-refractivity contribution is 0.0975. The highest BCUT2D eigenvalue weighted by molar-refractivity contribution is 6.04. The van der Waals surface area contributed by atoms with E-state index in [1.54, 1.807) is 71.5 Å². The first kappa shape index (κ1) is 47.2. The molecule has 19 nitrogen and oxygen atoms in total. The Kier molecular flexibility index (Phi) is 15.9. The zero-order valence-electron chi connectivity index (χ0n) is 35.9. The van der Waals surface area contributed by atoms with E-state index < -0.39 is 17.7 Å². The Bertz CT molecular complexity index is 2460. The molecule has 0 atom stereocenters. The van der Waals surface area contributed by atoms with Crippen molar-refractivity contribution in [2.75, 3.05) is 46.0 Å². The number of carbonyl (C=O) groups is 4. The maximum Gasteiger partial charge on any atom is 0.276 e. The predicted octanol–water partition coefficient (Wildman–Crippen LogP) is 5.03. The van der Waals surface area contributed by atoms with E-state index in [0.29, 0.717) is 101 Å². The van der Waals surface area contributed by atoms with E-state index in [9.17, 15) is 19.2 Å². The van der Waals surface area contributed by atoms with Crippen molar-refractivity contribution in [3.63, 3.8) is 0 Å². The molecule has 0 fully saturated rings. The van der Waals surface area contributed by atoms with Crippen LogP contribution in [0.2, 0.25) is 0 Å². The number of benzene rings is 2. The smallest absolute Gasteiger partial charge is 0.276 e. The molecule has 19 heteroatoms. The van der Waals surface area contributed by atoms with Crippen LogP contribution in [0.1, 0.15) is 93.0 Å². The first-order valence-corrected chi connectivity index (χ1v) is 20.4. The van der Waals surface area contributed by atoms with Crippen LogP contribution in [0.5, 0.6) is 11.5 Å². The molecule has 0 bridgehead atoms. The van der Waals surface area contributed by atoms with E-state index in [0.717, 1.165) is 0 Å². The van der Waals surface area contributed by atoms with Crippen LogP contribution >= 0.6 is 0 Å². The van der Waals surface area contributed by atoms with Crippen molar-refractivity contribution < 1.29 is 38.1 Å². The van der Waals surface area contributed by atoms with Crippen LogP contribution in [-0.4, -0.2) is 103 Å². The summed E-state index contributed by atoms with van der Waals surface area (Å²) in [5, 5.41) is 11.8. The summed E-state index contributed by atoms with van der Waals surface area (Å²) >= 11 is 0. The number of primary amides is 2. The number of anilines is 1. The van der Waals surface area contributed by atoms with E-state index in [4.69, 9.17) is 40.4 Å². The highest BCUT2D eigenvalue weighted by atomic mass is 16.5. The number of hydrogen-bond acceptors (Lipinski definition) is 12. The van der Waals surface area contributed by atoms with Crippen molar-refractivity contribution in [3.05, 3.63) is 88.3 Å². The molecule has 63 heavy (non-hydrogen) atoms. The molecule has 0 spiro atoms. The van der Waals surface area contributed by atoms with E-state index in [1.165, 1.54) is 0 Å². The standard InChI is InChI=1S/C43H53N11O8.CH4/c1-7-53-32(19-26(3)49-53)34(55)25-37-46-30-21-28(40(44)56)23-35(61-17-11-15-59-5)38(30)51(37)13-9-10-14-52-39-31(22-29(41(45)57)24-36(39)62-18-12-16-60-6)47-43(52)48-42(58)33-20-27(4)50-54(33)8-2;/h9-10,19-24H,7-8,11-18,25H2,1-6H3,(H2,44,56)(H2,45,57)(H,47,48,58);1H4/b10-9+;. The van der Waals surface area contributed by atoms with Crippen LogP contribution in [0.25, 0.3) is 22.1 Å². The minimum absolute atomic E-state index is 0. The van der Waals surface area contributed by atoms with Crippen molar-refractivity contribution in [1.29, 1.82) is 0 Å². The number of aromatic nitrogens is 8. The van der Waals surface area contributed by atoms with E-state index in [-0.39, 0.29) is 63.0 Å². The number of amides is 3. The van der Waals surface area contributed by atoms with Gasteiger partial charge < -0.3 is 39.5 Å². The fourth-order valence-electron chi connectivity index (χ4n) is 7.13. The molecule has 0 radical (unpaired) electrons. The maximum absolute atomic E-state index is 13.9. The highest BCUT2D eigenvalue weighted by Gasteiger charge is 2.24. The van der Waals surface area contributed by atoms with Gasteiger partial charge in [-0.3, -0.25) is 33.9 Å². The number of ketones is 1. The van der Waals surface area contributed by atoms with Crippen molar-refractivity contribution in [1.82, 2.24) is 38.7 Å². The first-order valence-electron chi connectivity index (χ1n) is 20.4. The quantitative estimate of drug-likeness (QED) is 0.0436. The van der Waals surface area contributed by atoms with E-state index in [1.807, 2.05) is 37.5 Å². The largest absolute Gasteiger partial charge is 0.491 e. The van der Waals surface area contributed by atoms with Gasteiger partial charge in [-0.15, -0.1) is 0 Å². The number of methoxy groups -OCH3 is 2. The van der Waals surface area contributed by atoms with Gasteiger partial charge in [0.2, 0.25) is 17.8 Å². The number of carbonyl (C=O) groups excluding carboxylic acids is 4. The number of hydrogen-bond donors (Lipinski definition) is 3. The molecular weight excluding hydrogens is 811 g/mol. The first-order chi connectivity index (χ1) is 29.9. The minimum atomic E-state index is -0.669. The molecule has 0 unspecified atom stereocenters. The second-order valence-corrected chi connectivity index (χ2v) is 14.5. The molecule has 4 heterocycles. The summed E-state index contributed by atoms with van der Waals surface area (Å²) in [4.78, 5) is 62.2. The fourth-order valence-corrected chi connectivity index (χ4v) is 7.13. The molecule has 0 aliphatic heterocycles. The Morgan fingerprint density at radius 2 is 1.17 bits per heavy atom. The number of fused-ring (bicyclic) bond motifs is 2. The summed E-state index contributed by atoms with van der Waals surface area (Å²) in [6, 6.07) is 9.71. The number of imidazole rings is 2. The predicted molar refractivity (Wildman–Crippen MR) is 238 cm³/mol. The topological polar surface area (TPSA) is 241 Å². The Morgan fingerprint density at radius 1 is 0.683 bits per heavy atom. The Balaban J connectivity index is 0.00000748. The van der Waals surface area contributed by atoms with Crippen molar-refractivity contribution in [2.24, 2.45) is 11.5 Å². The van der Waals surface area contributed by atoms with Gasteiger partial charge in [-0.05, 0) is 64.1 Å². The molecule has 0 aliphatic rings. The number of ether oxygens (including phenoxy) is 4. The van der Waals surface area contributed by atoms with Crippen LogP contribution in [-0.2, 0) is 42.1 Å². The number of nitrogens with zero attached hydrogens (tertiary/aromatic N) is 8. The molecule has 336 valence electrons. The summed E-state index contributed by atoms with van der Waals surface area (Å²) in [5.74, 6) is -0.626. The molecule has 0 aliphatic carbocycles. The molecule has 6 rings (SSSR count). The summed E-state index contributed by atoms with van der Waals surface area (Å²) < 4.78 is 29.7. The number of Topliss-reactive ketones (excluding diaryl/α,β-unsaturated/α-hetero) is 1. The lowest BCUT2D eigenvalue weighted by Gasteiger charge is -2.13. The monoisotopic (exact) mass is 867 g/mol. The lowest BCUT2D eigenvalue weighted by Crippen LogP contribution is -2.20. The number of aryl methyl sites for hydroxylation is 4. The molecular formula is C44H57N11O8. The van der Waals surface area contributed by atoms with Crippen LogP contribution in [0, 0.1) is 13.8 Å². The van der Waals surface area contributed by atoms with Crippen LogP contribution in [0.15, 0.2) is 48.6 Å². The third-order valence-corrected chi connectivity index (χ3v) is 9.97. The van der Waals surface area contributed by atoms with Crippen LogP contribution in [0.3, 0.4) is 0 Å². The van der Waals surface area contributed by atoms with Crippen molar-refractivity contribution in [3.8, 4) is 11.5 Å². The zero-order valence-corrected chi connectivity index (χ0v) is 35.9. The van der Waals surface area contributed by atoms with Gasteiger partial charge in [0.15, 0.2) is 5.78 Å². The van der Waals surface area contributed by atoms with Crippen molar-refractivity contribution in [2.45, 2.75) is 80.6 Å². The lowest BCUT2D eigenvalue weighted by atomic mass is 10.1.